The number of nitrogens with zero attached hydrogens (tertiary/aromatic N) is 3. The van der Waals surface area contributed by atoms with Crippen LogP contribution in [-0.2, 0) is 10.0 Å². The summed E-state index contributed by atoms with van der Waals surface area (Å²) in [6.07, 6.45) is 2.86. The molecular weight excluding hydrogens is 542 g/mol. The summed E-state index contributed by atoms with van der Waals surface area (Å²) in [7, 11) is -3.40. The van der Waals surface area contributed by atoms with Crippen molar-refractivity contribution in [2.24, 2.45) is 0 Å². The monoisotopic (exact) mass is 567 g/mol. The molecule has 2 aromatic heterocycles. The van der Waals surface area contributed by atoms with Gasteiger partial charge in [0.1, 0.15) is 5.75 Å². The summed E-state index contributed by atoms with van der Waals surface area (Å²) >= 11 is 12.1. The van der Waals surface area contributed by atoms with Gasteiger partial charge in [0, 0.05) is 34.0 Å². The number of sulfonamides is 1. The van der Waals surface area contributed by atoms with Crippen molar-refractivity contribution < 1.29 is 13.5 Å². The van der Waals surface area contributed by atoms with Crippen molar-refractivity contribution in [3.8, 4) is 11.4 Å². The number of hydrogen-bond donors (Lipinski definition) is 3. The topological polar surface area (TPSA) is 99.5 Å². The molecule has 2 unspecified atom stereocenters. The van der Waals surface area contributed by atoms with E-state index in [4.69, 9.17) is 23.8 Å². The first kappa shape index (κ1) is 26.0. The number of aryl methyl sites for hydroxylation is 1. The van der Waals surface area contributed by atoms with Gasteiger partial charge < -0.3 is 19.9 Å². The van der Waals surface area contributed by atoms with E-state index in [2.05, 4.69) is 21.1 Å². The van der Waals surface area contributed by atoms with Crippen LogP contribution in [0.25, 0.3) is 5.69 Å². The molecule has 0 radical (unpaired) electrons. The van der Waals surface area contributed by atoms with E-state index >= 15 is 0 Å². The second-order valence-electron chi connectivity index (χ2n) is 9.21. The predicted octanol–water partition coefficient (Wildman–Crippen LogP) is 5.40. The standard InChI is InChI=1S/C27H26ClN5O3S2/c1-16-14-21(17(2)32(16)23-15-18(28)7-12-24(23)34)26-25(22-6-4-5-13-29-22)30-27(37)33(26)20-10-8-19(9-11-20)31-38(3,35)36/h4-15,25-26,31,34H,1-3H3,(H,30,37). The van der Waals surface area contributed by atoms with E-state index in [0.717, 1.165) is 34.6 Å². The molecule has 0 bridgehead atoms. The molecule has 1 saturated heterocycles. The number of phenols is 1. The molecule has 5 rings (SSSR count). The Kier molecular flexibility index (Phi) is 6.81. The molecule has 3 N–H and O–H groups in total. The molecule has 2 aromatic carbocycles. The number of aromatic nitrogens is 2. The molecule has 8 nitrogen and oxygen atoms in total. The van der Waals surface area contributed by atoms with E-state index in [1.807, 2.05) is 53.6 Å². The number of thiocarbonyl (C=S) groups is 1. The molecule has 11 heteroatoms. The van der Waals surface area contributed by atoms with Crippen molar-refractivity contribution in [2.75, 3.05) is 15.9 Å². The number of aromatic hydroxyl groups is 1. The van der Waals surface area contributed by atoms with Gasteiger partial charge >= 0.3 is 0 Å². The summed E-state index contributed by atoms with van der Waals surface area (Å²) in [5.41, 5.74) is 5.49. The second-order valence-corrected chi connectivity index (χ2v) is 11.8. The molecule has 2 atom stereocenters. The van der Waals surface area contributed by atoms with E-state index in [1.54, 1.807) is 36.5 Å². The van der Waals surface area contributed by atoms with Crippen LogP contribution in [0, 0.1) is 13.8 Å². The zero-order valence-corrected chi connectivity index (χ0v) is 23.3. The summed E-state index contributed by atoms with van der Waals surface area (Å²) in [6.45, 7) is 3.97. The predicted molar refractivity (Wildman–Crippen MR) is 155 cm³/mol. The molecule has 0 amide bonds. The number of benzene rings is 2. The molecule has 0 spiro atoms. The number of pyridine rings is 1. The number of rotatable bonds is 6. The van der Waals surface area contributed by atoms with E-state index in [1.165, 1.54) is 0 Å². The minimum absolute atomic E-state index is 0.120. The average molecular weight is 568 g/mol. The Morgan fingerprint density at radius 1 is 1.08 bits per heavy atom. The Balaban J connectivity index is 1.65. The fourth-order valence-corrected chi connectivity index (χ4v) is 6.06. The van der Waals surface area contributed by atoms with Gasteiger partial charge in [0.2, 0.25) is 10.0 Å². The molecule has 1 aliphatic rings. The van der Waals surface area contributed by atoms with E-state index in [-0.39, 0.29) is 17.8 Å². The quantitative estimate of drug-likeness (QED) is 0.268. The average Bonchev–Trinajstić information content (AvgIpc) is 3.36. The van der Waals surface area contributed by atoms with Crippen molar-refractivity contribution in [1.82, 2.24) is 14.9 Å². The maximum atomic E-state index is 11.7. The maximum Gasteiger partial charge on any atom is 0.229 e. The van der Waals surface area contributed by atoms with E-state index in [9.17, 15) is 13.5 Å². The van der Waals surface area contributed by atoms with Gasteiger partial charge in [-0.25, -0.2) is 8.42 Å². The lowest BCUT2D eigenvalue weighted by Crippen LogP contribution is -2.29. The zero-order chi connectivity index (χ0) is 27.2. The number of halogens is 1. The Labute approximate surface area is 232 Å². The van der Waals surface area contributed by atoms with Gasteiger partial charge in [-0.15, -0.1) is 0 Å². The van der Waals surface area contributed by atoms with E-state index in [0.29, 0.717) is 21.5 Å². The number of anilines is 2. The Morgan fingerprint density at radius 3 is 2.47 bits per heavy atom. The van der Waals surface area contributed by atoms with Crippen LogP contribution in [0.4, 0.5) is 11.4 Å². The Bertz CT molecular complexity index is 1620. The highest BCUT2D eigenvalue weighted by Gasteiger charge is 2.42. The van der Waals surface area contributed by atoms with Crippen LogP contribution in [-0.4, -0.2) is 34.4 Å². The molecule has 196 valence electrons. The Hall–Kier alpha value is -3.60. The molecule has 1 fully saturated rings. The molecule has 4 aromatic rings. The third-order valence-corrected chi connectivity index (χ3v) is 7.67. The molecular formula is C27H26ClN5O3S2. The normalized spacial score (nSPS) is 17.5. The molecule has 38 heavy (non-hydrogen) atoms. The molecule has 0 aliphatic carbocycles. The van der Waals surface area contributed by atoms with Crippen LogP contribution in [0.1, 0.15) is 34.7 Å². The zero-order valence-electron chi connectivity index (χ0n) is 20.9. The number of nitrogens with one attached hydrogen (secondary N) is 2. The van der Waals surface area contributed by atoms with Gasteiger partial charge in [-0.05, 0) is 92.3 Å². The van der Waals surface area contributed by atoms with Crippen molar-refractivity contribution in [3.05, 3.63) is 101 Å². The first-order valence-corrected chi connectivity index (χ1v) is 14.5. The lowest BCUT2D eigenvalue weighted by molar-refractivity contribution is 0.471. The summed E-state index contributed by atoms with van der Waals surface area (Å²) in [6, 6.07) is 19.3. The van der Waals surface area contributed by atoms with Crippen LogP contribution in [0.3, 0.4) is 0 Å². The number of phenolic OH excluding ortho intramolecular Hbond substituents is 1. The van der Waals surface area contributed by atoms with Crippen molar-refractivity contribution in [3.63, 3.8) is 0 Å². The first-order chi connectivity index (χ1) is 18.0. The fourth-order valence-electron chi connectivity index (χ4n) is 4.99. The van der Waals surface area contributed by atoms with Crippen LogP contribution < -0.4 is 14.9 Å². The van der Waals surface area contributed by atoms with Crippen LogP contribution in [0.15, 0.2) is 72.9 Å². The second kappa shape index (κ2) is 9.94. The summed E-state index contributed by atoms with van der Waals surface area (Å²) in [5, 5.41) is 15.1. The van der Waals surface area contributed by atoms with Gasteiger partial charge in [0.15, 0.2) is 5.11 Å². The van der Waals surface area contributed by atoms with Gasteiger partial charge in [-0.1, -0.05) is 17.7 Å². The molecule has 0 saturated carbocycles. The third kappa shape index (κ3) is 4.94. The smallest absolute Gasteiger partial charge is 0.229 e. The SMILES string of the molecule is Cc1cc(C2C(c3ccccn3)NC(=S)N2c2ccc(NS(C)(=O)=O)cc2)c(C)n1-c1cc(Cl)ccc1O. The lowest BCUT2D eigenvalue weighted by Gasteiger charge is -2.28. The minimum atomic E-state index is -3.40. The van der Waals surface area contributed by atoms with Gasteiger partial charge in [0.05, 0.1) is 29.7 Å². The summed E-state index contributed by atoms with van der Waals surface area (Å²) in [5.74, 6) is 0.120. The lowest BCUT2D eigenvalue weighted by atomic mass is 9.96. The van der Waals surface area contributed by atoms with Gasteiger partial charge in [0.25, 0.3) is 0 Å². The largest absolute Gasteiger partial charge is 0.506 e. The highest BCUT2D eigenvalue weighted by molar-refractivity contribution is 7.92. The summed E-state index contributed by atoms with van der Waals surface area (Å²) < 4.78 is 27.8. The van der Waals surface area contributed by atoms with Gasteiger partial charge in [-0.2, -0.15) is 0 Å². The van der Waals surface area contributed by atoms with Crippen molar-refractivity contribution in [1.29, 1.82) is 0 Å². The Morgan fingerprint density at radius 2 is 1.82 bits per heavy atom. The van der Waals surface area contributed by atoms with Crippen LogP contribution in [0.5, 0.6) is 5.75 Å². The van der Waals surface area contributed by atoms with Gasteiger partial charge in [-0.3, -0.25) is 9.71 Å². The minimum Gasteiger partial charge on any atom is -0.506 e. The van der Waals surface area contributed by atoms with Crippen molar-refractivity contribution >= 4 is 50.3 Å². The van der Waals surface area contributed by atoms with Crippen LogP contribution >= 0.6 is 23.8 Å². The van der Waals surface area contributed by atoms with Crippen LogP contribution in [0.2, 0.25) is 5.02 Å². The highest BCUT2D eigenvalue weighted by atomic mass is 35.5. The molecule has 1 aliphatic heterocycles. The molecule has 3 heterocycles. The fraction of sp³-hybridized carbons (Fsp3) is 0.185. The maximum absolute atomic E-state index is 11.7. The highest BCUT2D eigenvalue weighted by Crippen LogP contribution is 2.44. The van der Waals surface area contributed by atoms with E-state index < -0.39 is 10.0 Å². The van der Waals surface area contributed by atoms with Crippen molar-refractivity contribution in [2.45, 2.75) is 25.9 Å². The third-order valence-electron chi connectivity index (χ3n) is 6.51. The number of hydrogen-bond acceptors (Lipinski definition) is 5. The summed E-state index contributed by atoms with van der Waals surface area (Å²) in [4.78, 5) is 6.62. The first-order valence-electron chi connectivity index (χ1n) is 11.8.